The highest BCUT2D eigenvalue weighted by Gasteiger charge is 2.59. The molecule has 1 saturated heterocycles. The number of rotatable bonds is 15. The van der Waals surface area contributed by atoms with Gasteiger partial charge in [-0.2, -0.15) is 0 Å². The van der Waals surface area contributed by atoms with Gasteiger partial charge in [-0.1, -0.05) is 78.4 Å². The van der Waals surface area contributed by atoms with E-state index in [1.54, 1.807) is 5.57 Å². The number of fused-ring (bicyclic) bond motifs is 5. The van der Waals surface area contributed by atoms with Crippen molar-refractivity contribution < 1.29 is 29.5 Å². The molecule has 0 aromatic carbocycles. The number of hydrogen-bond donors (Lipinski definition) is 4. The Labute approximate surface area is 286 Å². The molecule has 0 spiro atoms. The molecular formula is C39H68O6S. The number of thiol groups is 1. The summed E-state index contributed by atoms with van der Waals surface area (Å²) in [6.45, 7) is 13.6. The highest BCUT2D eigenvalue weighted by atomic mass is 32.1. The fraction of sp³-hybridized carbons (Fsp3) is 0.949. The van der Waals surface area contributed by atoms with Crippen LogP contribution in [0.2, 0.25) is 0 Å². The third-order valence-corrected chi connectivity index (χ3v) is 14.2. The summed E-state index contributed by atoms with van der Waals surface area (Å²) in [5.41, 5.74) is 1.98. The lowest BCUT2D eigenvalue weighted by atomic mass is 9.47. The minimum Gasteiger partial charge on any atom is -0.394 e. The van der Waals surface area contributed by atoms with Crippen LogP contribution in [-0.2, 0) is 14.2 Å². The molecule has 4 fully saturated rings. The van der Waals surface area contributed by atoms with Gasteiger partial charge in [0.05, 0.1) is 12.7 Å². The van der Waals surface area contributed by atoms with Crippen molar-refractivity contribution in [2.45, 2.75) is 167 Å². The summed E-state index contributed by atoms with van der Waals surface area (Å²) in [6, 6.07) is 0. The van der Waals surface area contributed by atoms with Gasteiger partial charge in [-0.15, -0.1) is 12.6 Å². The molecule has 0 aromatic rings. The van der Waals surface area contributed by atoms with E-state index < -0.39 is 29.9 Å². The molecule has 46 heavy (non-hydrogen) atoms. The number of unbranched alkanes of at least 4 members (excludes halogenated alkanes) is 3. The molecule has 7 heteroatoms. The zero-order valence-electron chi connectivity index (χ0n) is 29.7. The SMILES string of the molecule is CC(C)CCC[C@@H](C)[C@H]1CC[C@H]2[C@@H]3CC=C4CC(OCCCCCCO[C@H]5[C@@H](O)[C@H](O)[C@@H](CO)O[C@@H]5S)CC[C@]4(C)[C@H]3CC[C@]12C. The number of aliphatic hydroxyl groups is 3. The van der Waals surface area contributed by atoms with Crippen molar-refractivity contribution in [2.24, 2.45) is 46.3 Å². The summed E-state index contributed by atoms with van der Waals surface area (Å²) in [6.07, 6.45) is 18.2. The average molecular weight is 665 g/mol. The maximum Gasteiger partial charge on any atom is 0.129 e. The molecule has 6 nitrogen and oxygen atoms in total. The third-order valence-electron chi connectivity index (χ3n) is 13.8. The summed E-state index contributed by atoms with van der Waals surface area (Å²) >= 11 is 4.34. The fourth-order valence-electron chi connectivity index (χ4n) is 11.1. The molecule has 3 saturated carbocycles. The van der Waals surface area contributed by atoms with Crippen molar-refractivity contribution in [3.05, 3.63) is 11.6 Å². The van der Waals surface area contributed by atoms with E-state index >= 15 is 0 Å². The molecule has 5 aliphatic rings. The zero-order valence-corrected chi connectivity index (χ0v) is 30.6. The number of allylic oxidation sites excluding steroid dienone is 1. The van der Waals surface area contributed by atoms with E-state index in [1.807, 2.05) is 0 Å². The van der Waals surface area contributed by atoms with Crippen molar-refractivity contribution in [1.29, 1.82) is 0 Å². The first-order valence-corrected chi connectivity index (χ1v) is 19.7. The number of aliphatic hydroxyl groups excluding tert-OH is 3. The van der Waals surface area contributed by atoms with Crippen LogP contribution in [0.25, 0.3) is 0 Å². The van der Waals surface area contributed by atoms with E-state index in [0.29, 0.717) is 23.5 Å². The molecule has 1 heterocycles. The van der Waals surface area contributed by atoms with E-state index in [4.69, 9.17) is 14.2 Å². The van der Waals surface area contributed by atoms with Gasteiger partial charge in [-0.25, -0.2) is 0 Å². The Morgan fingerprint density at radius 2 is 1.63 bits per heavy atom. The molecule has 3 N–H and O–H groups in total. The van der Waals surface area contributed by atoms with E-state index in [1.165, 1.54) is 64.2 Å². The Bertz CT molecular complexity index is 990. The second kappa shape index (κ2) is 16.2. The third kappa shape index (κ3) is 7.92. The Kier molecular flexibility index (Phi) is 13.1. The van der Waals surface area contributed by atoms with E-state index in [2.05, 4.69) is 53.3 Å². The second-order valence-corrected chi connectivity index (χ2v) is 17.5. The van der Waals surface area contributed by atoms with Crippen LogP contribution < -0.4 is 0 Å². The smallest absolute Gasteiger partial charge is 0.129 e. The van der Waals surface area contributed by atoms with Crippen LogP contribution in [0.4, 0.5) is 0 Å². The summed E-state index contributed by atoms with van der Waals surface area (Å²) in [4.78, 5) is 0. The van der Waals surface area contributed by atoms with Gasteiger partial charge in [-0.05, 0) is 111 Å². The Morgan fingerprint density at radius 3 is 2.35 bits per heavy atom. The Balaban J connectivity index is 1.02. The lowest BCUT2D eigenvalue weighted by molar-refractivity contribution is -0.218. The van der Waals surface area contributed by atoms with Crippen molar-refractivity contribution >= 4 is 12.6 Å². The summed E-state index contributed by atoms with van der Waals surface area (Å²) in [5, 5.41) is 29.7. The van der Waals surface area contributed by atoms with Gasteiger partial charge in [-0.3, -0.25) is 0 Å². The van der Waals surface area contributed by atoms with Crippen molar-refractivity contribution in [2.75, 3.05) is 19.8 Å². The van der Waals surface area contributed by atoms with Crippen LogP contribution in [0.5, 0.6) is 0 Å². The number of hydrogen-bond acceptors (Lipinski definition) is 7. The van der Waals surface area contributed by atoms with Crippen LogP contribution in [0.1, 0.15) is 131 Å². The Hall–Kier alpha value is -0.150. The summed E-state index contributed by atoms with van der Waals surface area (Å²) in [7, 11) is 0. The normalized spacial score (nSPS) is 43.1. The van der Waals surface area contributed by atoms with Crippen molar-refractivity contribution in [1.82, 2.24) is 0 Å². The Morgan fingerprint density at radius 1 is 0.891 bits per heavy atom. The lowest BCUT2D eigenvalue weighted by Crippen LogP contribution is -2.57. The molecular weight excluding hydrogens is 596 g/mol. The molecule has 1 aliphatic heterocycles. The minimum absolute atomic E-state index is 0.360. The predicted octanol–water partition coefficient (Wildman–Crippen LogP) is 7.73. The highest BCUT2D eigenvalue weighted by molar-refractivity contribution is 7.80. The van der Waals surface area contributed by atoms with E-state index in [9.17, 15) is 15.3 Å². The first kappa shape index (κ1) is 37.1. The van der Waals surface area contributed by atoms with E-state index in [-0.39, 0.29) is 6.61 Å². The second-order valence-electron chi connectivity index (χ2n) is 17.0. The first-order chi connectivity index (χ1) is 22.0. The lowest BCUT2D eigenvalue weighted by Gasteiger charge is -2.58. The first-order valence-electron chi connectivity index (χ1n) is 19.2. The maximum absolute atomic E-state index is 10.3. The molecule has 0 amide bonds. The minimum atomic E-state index is -1.17. The van der Waals surface area contributed by atoms with Crippen LogP contribution >= 0.6 is 12.6 Å². The standard InChI is InChI=1S/C39H68O6S/c1-25(2)11-10-12-26(3)30-15-16-31-29-14-13-27-23-28(17-19-38(27,4)32(29)18-20-39(30,31)5)43-21-8-6-7-9-22-44-36-35(42)34(41)33(24-40)45-37(36)46/h13,25-26,28-37,40-42,46H,6-12,14-24H2,1-5H3/t26-,28?,29+,30-,31+,32+,33-,34-,35+,36+,37-,38+,39-/m1/s1. The maximum atomic E-state index is 10.3. The fourth-order valence-corrected chi connectivity index (χ4v) is 11.5. The summed E-state index contributed by atoms with van der Waals surface area (Å²) in [5.74, 6) is 5.30. The quantitative estimate of drug-likeness (QED) is 0.0815. The van der Waals surface area contributed by atoms with Gasteiger partial charge in [0, 0.05) is 13.2 Å². The molecule has 266 valence electrons. The van der Waals surface area contributed by atoms with Crippen molar-refractivity contribution in [3.8, 4) is 0 Å². The van der Waals surface area contributed by atoms with Gasteiger partial charge in [0.25, 0.3) is 0 Å². The monoisotopic (exact) mass is 664 g/mol. The average Bonchev–Trinajstić information content (AvgIpc) is 3.38. The number of ether oxygens (including phenoxy) is 3. The van der Waals surface area contributed by atoms with Gasteiger partial charge in [0.15, 0.2) is 0 Å². The molecule has 5 rings (SSSR count). The molecule has 0 radical (unpaired) electrons. The predicted molar refractivity (Wildman–Crippen MR) is 188 cm³/mol. The molecule has 13 atom stereocenters. The highest BCUT2D eigenvalue weighted by Crippen LogP contribution is 2.67. The van der Waals surface area contributed by atoms with E-state index in [0.717, 1.165) is 74.2 Å². The van der Waals surface area contributed by atoms with Crippen LogP contribution in [0.15, 0.2) is 11.6 Å². The molecule has 0 bridgehead atoms. The molecule has 4 aliphatic carbocycles. The van der Waals surface area contributed by atoms with Crippen LogP contribution in [0.3, 0.4) is 0 Å². The largest absolute Gasteiger partial charge is 0.394 e. The summed E-state index contributed by atoms with van der Waals surface area (Å²) < 4.78 is 17.7. The molecule has 1 unspecified atom stereocenters. The van der Waals surface area contributed by atoms with Crippen LogP contribution in [0, 0.1) is 46.3 Å². The molecule has 0 aromatic heterocycles. The topological polar surface area (TPSA) is 88.4 Å². The van der Waals surface area contributed by atoms with Gasteiger partial charge in [0.1, 0.15) is 29.9 Å². The van der Waals surface area contributed by atoms with Crippen LogP contribution in [-0.4, -0.2) is 71.1 Å². The van der Waals surface area contributed by atoms with Crippen molar-refractivity contribution in [3.63, 3.8) is 0 Å². The zero-order chi connectivity index (χ0) is 33.1. The van der Waals surface area contributed by atoms with Gasteiger partial charge < -0.3 is 29.5 Å². The van der Waals surface area contributed by atoms with Gasteiger partial charge in [0.2, 0.25) is 0 Å². The van der Waals surface area contributed by atoms with Gasteiger partial charge >= 0.3 is 0 Å².